The van der Waals surface area contributed by atoms with E-state index >= 15 is 0 Å². The number of carbonyl (C=O) groups excluding carboxylic acids is 1. The molecular weight excluding hydrogens is 346 g/mol. The normalized spacial score (nSPS) is 14.6. The summed E-state index contributed by atoms with van der Waals surface area (Å²) < 4.78 is 0. The number of carbonyl (C=O) groups is 1. The Balaban J connectivity index is 1.43. The maximum absolute atomic E-state index is 12.8. The summed E-state index contributed by atoms with van der Waals surface area (Å²) in [6.45, 7) is 6.08. The zero-order valence-electron chi connectivity index (χ0n) is 14.8. The molecule has 4 rings (SSSR count). The molecule has 1 fully saturated rings. The number of fused-ring (bicyclic) bond motifs is 1. The zero-order chi connectivity index (χ0) is 18.3. The number of hydrogen-bond acceptors (Lipinski definition) is 6. The molecule has 1 saturated heterocycles. The number of benzene rings is 1. The number of rotatable bonds is 4. The molecule has 0 bridgehead atoms. The van der Waals surface area contributed by atoms with Gasteiger partial charge >= 0.3 is 0 Å². The predicted octanol–water partition coefficient (Wildman–Crippen LogP) is 2.50. The fraction of sp³-hybridized carbons (Fsp3) is 0.316. The van der Waals surface area contributed by atoms with Crippen LogP contribution in [0.1, 0.15) is 26.5 Å². The first-order valence-corrected chi connectivity index (χ1v) is 9.44. The Kier molecular flexibility index (Phi) is 4.34. The molecule has 1 aliphatic heterocycles. The molecule has 0 aliphatic carbocycles. The van der Waals surface area contributed by atoms with Crippen molar-refractivity contribution >= 4 is 33.1 Å². The predicted molar refractivity (Wildman–Crippen MR) is 104 cm³/mol. The third-order valence-electron chi connectivity index (χ3n) is 4.94. The van der Waals surface area contributed by atoms with Crippen molar-refractivity contribution in [2.24, 2.45) is 0 Å². The van der Waals surface area contributed by atoms with Crippen molar-refractivity contribution in [1.29, 1.82) is 0 Å². The number of nitrogens with zero attached hydrogens (tertiary/aromatic N) is 3. The second kappa shape index (κ2) is 6.66. The molecule has 3 N–H and O–H groups in total. The fourth-order valence-corrected chi connectivity index (χ4v) is 4.24. The van der Waals surface area contributed by atoms with Crippen LogP contribution in [0.5, 0.6) is 0 Å². The molecule has 0 atom stereocenters. The molecular formula is C19H21N5OS. The van der Waals surface area contributed by atoms with E-state index < -0.39 is 0 Å². The first-order chi connectivity index (χ1) is 12.5. The van der Waals surface area contributed by atoms with Gasteiger partial charge in [0.1, 0.15) is 9.71 Å². The molecule has 7 heteroatoms. The summed E-state index contributed by atoms with van der Waals surface area (Å²) in [5.41, 5.74) is 9.89. The maximum Gasteiger partial charge on any atom is 0.266 e. The zero-order valence-corrected chi connectivity index (χ0v) is 15.6. The van der Waals surface area contributed by atoms with Crippen LogP contribution < -0.4 is 11.1 Å². The van der Waals surface area contributed by atoms with Gasteiger partial charge in [-0.1, -0.05) is 30.3 Å². The summed E-state index contributed by atoms with van der Waals surface area (Å²) in [7, 11) is 0. The molecule has 3 aromatic rings. The quantitative estimate of drug-likeness (QED) is 0.740. The summed E-state index contributed by atoms with van der Waals surface area (Å²) in [5, 5.41) is 12.7. The lowest BCUT2D eigenvalue weighted by Gasteiger charge is -2.39. The minimum absolute atomic E-state index is 0.0136. The van der Waals surface area contributed by atoms with Gasteiger partial charge in [-0.2, -0.15) is 5.10 Å². The van der Waals surface area contributed by atoms with E-state index in [1.54, 1.807) is 0 Å². The van der Waals surface area contributed by atoms with Gasteiger partial charge in [-0.25, -0.2) is 0 Å². The Morgan fingerprint density at radius 3 is 2.73 bits per heavy atom. The van der Waals surface area contributed by atoms with Crippen LogP contribution >= 0.6 is 11.3 Å². The monoisotopic (exact) mass is 367 g/mol. The highest BCUT2D eigenvalue weighted by molar-refractivity contribution is 7.21. The van der Waals surface area contributed by atoms with Crippen LogP contribution in [0.25, 0.3) is 10.2 Å². The number of hydrogen-bond donors (Lipinski definition) is 2. The van der Waals surface area contributed by atoms with Gasteiger partial charge in [0, 0.05) is 31.1 Å². The van der Waals surface area contributed by atoms with Crippen LogP contribution in [0.2, 0.25) is 0 Å². The Morgan fingerprint density at radius 2 is 2.00 bits per heavy atom. The number of anilines is 1. The highest BCUT2D eigenvalue weighted by Crippen LogP contribution is 2.36. The van der Waals surface area contributed by atoms with Gasteiger partial charge in [0.05, 0.1) is 11.4 Å². The van der Waals surface area contributed by atoms with E-state index in [2.05, 4.69) is 27.6 Å². The SMILES string of the molecule is Cc1nnc2sc(C(=O)N3CC(NCc4ccccc4)C3)c(N)c2c1C. The van der Waals surface area contributed by atoms with E-state index in [0.717, 1.165) is 28.0 Å². The summed E-state index contributed by atoms with van der Waals surface area (Å²) in [4.78, 5) is 15.9. The molecule has 3 heterocycles. The molecule has 0 radical (unpaired) electrons. The smallest absolute Gasteiger partial charge is 0.266 e. The molecule has 1 aliphatic rings. The Hall–Kier alpha value is -2.51. The van der Waals surface area contributed by atoms with E-state index in [1.807, 2.05) is 36.9 Å². The second-order valence-corrected chi connectivity index (χ2v) is 7.71. The van der Waals surface area contributed by atoms with Gasteiger partial charge in [-0.05, 0) is 25.0 Å². The lowest BCUT2D eigenvalue weighted by molar-refractivity contribution is 0.0572. The number of aryl methyl sites for hydroxylation is 2. The van der Waals surface area contributed by atoms with Gasteiger partial charge in [-0.15, -0.1) is 16.4 Å². The molecule has 0 saturated carbocycles. The van der Waals surface area contributed by atoms with Crippen molar-refractivity contribution in [3.63, 3.8) is 0 Å². The van der Waals surface area contributed by atoms with Gasteiger partial charge in [-0.3, -0.25) is 4.79 Å². The van der Waals surface area contributed by atoms with Gasteiger partial charge in [0.15, 0.2) is 0 Å². The third-order valence-corrected chi connectivity index (χ3v) is 6.01. The highest BCUT2D eigenvalue weighted by Gasteiger charge is 2.33. The first-order valence-electron chi connectivity index (χ1n) is 8.63. The molecule has 2 aromatic heterocycles. The first kappa shape index (κ1) is 16.9. The molecule has 0 spiro atoms. The van der Waals surface area contributed by atoms with Crippen LogP contribution in [0.15, 0.2) is 30.3 Å². The van der Waals surface area contributed by atoms with Crippen LogP contribution in [0, 0.1) is 13.8 Å². The van der Waals surface area contributed by atoms with Crippen molar-refractivity contribution in [1.82, 2.24) is 20.4 Å². The summed E-state index contributed by atoms with van der Waals surface area (Å²) >= 11 is 1.33. The van der Waals surface area contributed by atoms with Crippen molar-refractivity contribution in [3.8, 4) is 0 Å². The van der Waals surface area contributed by atoms with Crippen LogP contribution in [-0.2, 0) is 6.54 Å². The number of likely N-dealkylation sites (tertiary alicyclic amines) is 1. The molecule has 26 heavy (non-hydrogen) atoms. The second-order valence-electron chi connectivity index (χ2n) is 6.71. The minimum Gasteiger partial charge on any atom is -0.397 e. The average Bonchev–Trinajstić information content (AvgIpc) is 2.95. The van der Waals surface area contributed by atoms with E-state index in [-0.39, 0.29) is 5.91 Å². The van der Waals surface area contributed by atoms with Gasteiger partial charge in [0.25, 0.3) is 5.91 Å². The van der Waals surface area contributed by atoms with Crippen molar-refractivity contribution in [2.45, 2.75) is 26.4 Å². The maximum atomic E-state index is 12.8. The number of nitrogens with two attached hydrogens (primary N) is 1. The molecule has 1 aromatic carbocycles. The van der Waals surface area contributed by atoms with E-state index in [4.69, 9.17) is 5.73 Å². The molecule has 0 unspecified atom stereocenters. The fourth-order valence-electron chi connectivity index (χ4n) is 3.17. The van der Waals surface area contributed by atoms with Crippen LogP contribution in [-0.4, -0.2) is 40.1 Å². The summed E-state index contributed by atoms with van der Waals surface area (Å²) in [6, 6.07) is 10.6. The molecule has 6 nitrogen and oxygen atoms in total. The largest absolute Gasteiger partial charge is 0.397 e. The van der Waals surface area contributed by atoms with Crippen LogP contribution in [0.4, 0.5) is 5.69 Å². The van der Waals surface area contributed by atoms with Crippen molar-refractivity contribution in [3.05, 3.63) is 52.0 Å². The Morgan fingerprint density at radius 1 is 1.27 bits per heavy atom. The molecule has 134 valence electrons. The Bertz CT molecular complexity index is 963. The van der Waals surface area contributed by atoms with Crippen molar-refractivity contribution in [2.75, 3.05) is 18.8 Å². The minimum atomic E-state index is -0.0136. The Labute approximate surface area is 156 Å². The van der Waals surface area contributed by atoms with E-state index in [9.17, 15) is 4.79 Å². The van der Waals surface area contributed by atoms with Crippen LogP contribution in [0.3, 0.4) is 0 Å². The van der Waals surface area contributed by atoms with E-state index in [1.165, 1.54) is 16.9 Å². The number of nitrogens with one attached hydrogen (secondary N) is 1. The van der Waals surface area contributed by atoms with Crippen molar-refractivity contribution < 1.29 is 4.79 Å². The summed E-state index contributed by atoms with van der Waals surface area (Å²) in [6.07, 6.45) is 0. The standard InChI is InChI=1S/C19H21N5OS/c1-11-12(2)22-23-18-15(11)16(20)17(26-18)19(25)24-9-14(10-24)21-8-13-6-4-3-5-7-13/h3-7,14,21H,8-10,20H2,1-2H3. The topological polar surface area (TPSA) is 84.1 Å². The lowest BCUT2D eigenvalue weighted by Crippen LogP contribution is -2.59. The van der Waals surface area contributed by atoms with Gasteiger partial charge in [0.2, 0.25) is 0 Å². The average molecular weight is 367 g/mol. The number of thiophene rings is 1. The lowest BCUT2D eigenvalue weighted by atomic mass is 10.1. The number of aromatic nitrogens is 2. The van der Waals surface area contributed by atoms with E-state index in [0.29, 0.717) is 29.7 Å². The highest BCUT2D eigenvalue weighted by atomic mass is 32.1. The number of nitrogen functional groups attached to an aromatic ring is 1. The third kappa shape index (κ3) is 2.93. The number of amides is 1. The van der Waals surface area contributed by atoms with Gasteiger partial charge < -0.3 is 16.0 Å². The summed E-state index contributed by atoms with van der Waals surface area (Å²) in [5.74, 6) is -0.0136. The molecule has 1 amide bonds.